The molecule has 0 aromatic carbocycles. The molecule has 1 aromatic rings. The van der Waals surface area contributed by atoms with E-state index in [1.54, 1.807) is 16.2 Å². The van der Waals surface area contributed by atoms with E-state index in [1.165, 1.54) is 78.2 Å². The molecule has 0 atom stereocenters. The van der Waals surface area contributed by atoms with Crippen molar-refractivity contribution in [2.75, 3.05) is 65.4 Å². The van der Waals surface area contributed by atoms with Crippen LogP contribution in [-0.2, 0) is 11.0 Å². The molecule has 0 spiro atoms. The van der Waals surface area contributed by atoms with Gasteiger partial charge in [-0.1, -0.05) is 94.7 Å². The van der Waals surface area contributed by atoms with Crippen molar-refractivity contribution in [1.29, 1.82) is 0 Å². The molecule has 3 fully saturated rings. The second-order valence-electron chi connectivity index (χ2n) is 31.6. The molecule has 5 heterocycles. The number of pyridine rings is 1. The predicted octanol–water partition coefficient (Wildman–Crippen LogP) is 14.9. The van der Waals surface area contributed by atoms with Gasteiger partial charge in [0.25, 0.3) is 5.56 Å². The van der Waals surface area contributed by atoms with Gasteiger partial charge in [0.15, 0.2) is 0 Å². The quantitative estimate of drug-likeness (QED) is 0.241. The van der Waals surface area contributed by atoms with Crippen LogP contribution in [0.3, 0.4) is 0 Å². The molecule has 0 aliphatic carbocycles. The molecule has 4 aliphatic heterocycles. The first kappa shape index (κ1) is 65.5. The molecule has 1 aromatic heterocycles. The van der Waals surface area contributed by atoms with Crippen LogP contribution in [0.5, 0.6) is 0 Å². The zero-order chi connectivity index (χ0) is 54.4. The fraction of sp³-hybridized carbons (Fsp3) is 0.887. The van der Waals surface area contributed by atoms with E-state index in [2.05, 4.69) is 218 Å². The molecule has 406 valence electrons. The molecule has 69 heavy (non-hydrogen) atoms. The first-order valence-electron chi connectivity index (χ1n) is 27.7. The number of nitrogens with zero attached hydrogens (tertiary/aromatic N) is 6. The van der Waals surface area contributed by atoms with Crippen molar-refractivity contribution in [3.05, 3.63) is 45.9 Å². The molecular weight excluding hydrogens is 845 g/mol. The van der Waals surface area contributed by atoms with Crippen LogP contribution in [0, 0.1) is 28.1 Å². The van der Waals surface area contributed by atoms with Crippen LogP contribution in [0.1, 0.15) is 233 Å². The maximum Gasteiger partial charge on any atom is 0.251 e. The summed E-state index contributed by atoms with van der Waals surface area (Å²) in [6.07, 6.45) is 8.31. The second kappa shape index (κ2) is 24.2. The summed E-state index contributed by atoms with van der Waals surface area (Å²) in [5, 5.41) is 0. The minimum Gasteiger partial charge on any atom is -0.310 e. The Morgan fingerprint density at radius 2 is 0.768 bits per heavy atom. The van der Waals surface area contributed by atoms with Gasteiger partial charge in [-0.25, -0.2) is 0 Å². The maximum absolute atomic E-state index is 11.9. The van der Waals surface area contributed by atoms with Crippen LogP contribution in [-0.4, -0.2) is 122 Å². The number of aromatic nitrogens is 1. The van der Waals surface area contributed by atoms with Crippen molar-refractivity contribution in [1.82, 2.24) is 29.1 Å². The Hall–Kier alpha value is -1.51. The standard InChI is InChI=1S/C13H21NO.C13H27N.C13H25N.C12H26N2.C11H23N/c1-12(2,3)10-7-8-14(11(15)9-10)13(4,5)6;2*1-12(2,3)11-7-9-14(10-8-11)13(4,5)6;1-11(2,3)13-7-9-14(10-8-13)12(4,5)6;1-10(2,3)9-7-12(8-9)11(4,5)6/h7-9H,1-6H3;11H,7-10H2,1-6H3;7H,8-10H2,1-6H3;7-10H2,1-6H3;9H,7-8H2,1-6H3. The highest BCUT2D eigenvalue weighted by Gasteiger charge is 2.40. The molecule has 0 N–H and O–H groups in total. The molecular formula is C62H122N6O. The van der Waals surface area contributed by atoms with E-state index in [-0.39, 0.29) is 16.5 Å². The van der Waals surface area contributed by atoms with Crippen molar-refractivity contribution in [2.24, 2.45) is 28.1 Å². The number of piperazine rings is 1. The van der Waals surface area contributed by atoms with Gasteiger partial charge in [-0.15, -0.1) is 0 Å². The highest BCUT2D eigenvalue weighted by atomic mass is 16.1. The van der Waals surface area contributed by atoms with Crippen molar-refractivity contribution in [2.45, 2.75) is 266 Å². The Labute approximate surface area is 432 Å². The fourth-order valence-corrected chi connectivity index (χ4v) is 9.50. The summed E-state index contributed by atoms with van der Waals surface area (Å²) in [5.74, 6) is 1.82. The van der Waals surface area contributed by atoms with E-state index in [4.69, 9.17) is 0 Å². The summed E-state index contributed by atoms with van der Waals surface area (Å²) in [4.78, 5) is 24.8. The Morgan fingerprint density at radius 3 is 1.03 bits per heavy atom. The SMILES string of the molecule is CC(C)(C)C1=CCN(C(C)(C)C)CC1.CC(C)(C)C1CCN(C(C)(C)C)CC1.CC(C)(C)C1CN(C(C)(C)C)C1.CC(C)(C)N1CCN(C(C)(C)C)CC1.CC(C)(C)c1ccn(C(C)(C)C)c(=O)c1. The van der Waals surface area contributed by atoms with Gasteiger partial charge in [0, 0.05) is 97.9 Å². The first-order chi connectivity index (χ1) is 30.5. The molecule has 0 unspecified atom stereocenters. The van der Waals surface area contributed by atoms with Crippen LogP contribution >= 0.6 is 0 Å². The third-order valence-electron chi connectivity index (χ3n) is 15.5. The lowest BCUT2D eigenvalue weighted by molar-refractivity contribution is -0.0345. The number of piperidine rings is 1. The summed E-state index contributed by atoms with van der Waals surface area (Å²) in [7, 11) is 0. The topological polar surface area (TPSA) is 38.2 Å². The minimum atomic E-state index is -0.145. The molecule has 4 aliphatic rings. The summed E-state index contributed by atoms with van der Waals surface area (Å²) in [6, 6.07) is 3.78. The van der Waals surface area contributed by atoms with E-state index in [9.17, 15) is 4.79 Å². The third kappa shape index (κ3) is 23.1. The van der Waals surface area contributed by atoms with Crippen molar-refractivity contribution in [3.8, 4) is 0 Å². The minimum absolute atomic E-state index is 0.0378. The summed E-state index contributed by atoms with van der Waals surface area (Å²) in [6.45, 7) is 80.4. The highest BCUT2D eigenvalue weighted by molar-refractivity contribution is 5.20. The molecule has 7 nitrogen and oxygen atoms in total. The van der Waals surface area contributed by atoms with Crippen molar-refractivity contribution >= 4 is 0 Å². The van der Waals surface area contributed by atoms with Gasteiger partial charge in [-0.2, -0.15) is 0 Å². The Balaban J connectivity index is 0.000000432. The largest absolute Gasteiger partial charge is 0.310 e. The predicted molar refractivity (Wildman–Crippen MR) is 308 cm³/mol. The number of rotatable bonds is 0. The molecule has 7 heteroatoms. The van der Waals surface area contributed by atoms with Gasteiger partial charge in [0.1, 0.15) is 0 Å². The van der Waals surface area contributed by atoms with Gasteiger partial charge in [-0.3, -0.25) is 29.3 Å². The average Bonchev–Trinajstić information content (AvgIpc) is 3.11. The Bertz CT molecular complexity index is 1620. The summed E-state index contributed by atoms with van der Waals surface area (Å²) >= 11 is 0. The molecule has 0 amide bonds. The van der Waals surface area contributed by atoms with Gasteiger partial charge in [-0.05, 0) is 202 Å². The van der Waals surface area contributed by atoms with Gasteiger partial charge in [0.05, 0.1) is 0 Å². The molecule has 0 bridgehead atoms. The zero-order valence-electron chi connectivity index (χ0n) is 52.2. The fourth-order valence-electron chi connectivity index (χ4n) is 9.50. The summed E-state index contributed by atoms with van der Waals surface area (Å²) in [5.41, 5.74) is 5.79. The second-order valence-corrected chi connectivity index (χ2v) is 31.6. The van der Waals surface area contributed by atoms with Crippen LogP contribution in [0.4, 0.5) is 0 Å². The third-order valence-corrected chi connectivity index (χ3v) is 15.5. The zero-order valence-corrected chi connectivity index (χ0v) is 52.2. The molecule has 5 rings (SSSR count). The summed E-state index contributed by atoms with van der Waals surface area (Å²) < 4.78 is 1.77. The lowest BCUT2D eigenvalue weighted by atomic mass is 9.74. The normalized spacial score (nSPS) is 20.2. The number of hydrogen-bond acceptors (Lipinski definition) is 6. The number of hydrogen-bond donors (Lipinski definition) is 0. The lowest BCUT2D eigenvalue weighted by Gasteiger charge is -2.52. The lowest BCUT2D eigenvalue weighted by Crippen LogP contribution is -2.59. The van der Waals surface area contributed by atoms with Crippen LogP contribution in [0.25, 0.3) is 0 Å². The van der Waals surface area contributed by atoms with E-state index in [0.29, 0.717) is 43.9 Å². The van der Waals surface area contributed by atoms with E-state index in [1.807, 2.05) is 33.0 Å². The Kier molecular flexibility index (Phi) is 23.0. The van der Waals surface area contributed by atoms with Crippen LogP contribution in [0.15, 0.2) is 34.8 Å². The molecule has 3 saturated heterocycles. The maximum atomic E-state index is 11.9. The van der Waals surface area contributed by atoms with E-state index >= 15 is 0 Å². The van der Waals surface area contributed by atoms with Gasteiger partial charge >= 0.3 is 0 Å². The number of likely N-dealkylation sites (tertiary alicyclic amines) is 2. The monoisotopic (exact) mass is 967 g/mol. The molecule has 0 saturated carbocycles. The average molecular weight is 968 g/mol. The van der Waals surface area contributed by atoms with Crippen LogP contribution < -0.4 is 5.56 Å². The highest BCUT2D eigenvalue weighted by Crippen LogP contribution is 2.38. The van der Waals surface area contributed by atoms with Crippen molar-refractivity contribution < 1.29 is 0 Å². The smallest absolute Gasteiger partial charge is 0.251 e. The first-order valence-corrected chi connectivity index (χ1v) is 27.7. The van der Waals surface area contributed by atoms with E-state index < -0.39 is 0 Å². The van der Waals surface area contributed by atoms with Crippen LogP contribution in [0.2, 0.25) is 0 Å². The van der Waals surface area contributed by atoms with Crippen molar-refractivity contribution in [3.63, 3.8) is 0 Å². The Morgan fingerprint density at radius 1 is 0.406 bits per heavy atom. The van der Waals surface area contributed by atoms with Gasteiger partial charge in [0.2, 0.25) is 0 Å². The van der Waals surface area contributed by atoms with Gasteiger partial charge < -0.3 is 4.57 Å². The van der Waals surface area contributed by atoms with E-state index in [0.717, 1.165) is 23.9 Å². The molecule has 0 radical (unpaired) electrons.